The molecule has 134 valence electrons. The number of H-pyrrole nitrogens is 1. The minimum atomic E-state index is -0.483. The number of nitrogens with one attached hydrogen (secondary N) is 1. The van der Waals surface area contributed by atoms with Gasteiger partial charge in [0.25, 0.3) is 0 Å². The summed E-state index contributed by atoms with van der Waals surface area (Å²) in [6.07, 6.45) is 0. The van der Waals surface area contributed by atoms with E-state index < -0.39 is 5.97 Å². The summed E-state index contributed by atoms with van der Waals surface area (Å²) in [6.45, 7) is 7.14. The Morgan fingerprint density at radius 2 is 1.85 bits per heavy atom. The molecule has 0 aliphatic rings. The third kappa shape index (κ3) is 3.60. The molecule has 2 aromatic heterocycles. The molecule has 0 saturated heterocycles. The van der Waals surface area contributed by atoms with Gasteiger partial charge in [0, 0.05) is 22.2 Å². The summed E-state index contributed by atoms with van der Waals surface area (Å²) in [5, 5.41) is 2.78. The van der Waals surface area contributed by atoms with E-state index in [4.69, 9.17) is 4.74 Å². The zero-order valence-electron chi connectivity index (χ0n) is 15.2. The Labute approximate surface area is 156 Å². The number of benzene rings is 1. The first-order chi connectivity index (χ1) is 12.4. The van der Waals surface area contributed by atoms with Gasteiger partial charge >= 0.3 is 5.97 Å². The van der Waals surface area contributed by atoms with Crippen LogP contribution in [-0.2, 0) is 11.3 Å². The Hall–Kier alpha value is -2.73. The number of aromatic amines is 1. The summed E-state index contributed by atoms with van der Waals surface area (Å²) in [5.41, 5.74) is 5.11. The number of thiazole rings is 1. The molecule has 0 fully saturated rings. The number of rotatable bonds is 5. The lowest BCUT2D eigenvalue weighted by atomic mass is 10.1. The number of nitrogens with zero attached hydrogens (tertiary/aromatic N) is 1. The molecule has 5 nitrogen and oxygen atoms in total. The van der Waals surface area contributed by atoms with Gasteiger partial charge in [-0.2, -0.15) is 0 Å². The molecule has 0 aliphatic carbocycles. The van der Waals surface area contributed by atoms with E-state index in [-0.39, 0.29) is 12.4 Å². The highest BCUT2D eigenvalue weighted by molar-refractivity contribution is 7.13. The van der Waals surface area contributed by atoms with E-state index in [1.54, 1.807) is 13.8 Å². The second-order valence-corrected chi connectivity index (χ2v) is 7.13. The fourth-order valence-corrected chi connectivity index (χ4v) is 3.71. The van der Waals surface area contributed by atoms with Crippen LogP contribution in [0, 0.1) is 20.8 Å². The number of carbonyl (C=O) groups excluding carboxylic acids is 2. The minimum absolute atomic E-state index is 0.0717. The standard InChI is InChI=1S/C20H20N2O3S/c1-11-5-7-15(8-6-11)19-22-16(10-26-19)9-25-20(24)18-12(2)17(14(4)23)13(3)21-18/h5-8,10,21H,9H2,1-4H3. The van der Waals surface area contributed by atoms with Crippen molar-refractivity contribution in [1.29, 1.82) is 0 Å². The van der Waals surface area contributed by atoms with E-state index in [0.29, 0.717) is 28.2 Å². The molecule has 0 amide bonds. The summed E-state index contributed by atoms with van der Waals surface area (Å²) in [6, 6.07) is 8.13. The number of ketones is 1. The molecular weight excluding hydrogens is 348 g/mol. The molecule has 26 heavy (non-hydrogen) atoms. The second-order valence-electron chi connectivity index (χ2n) is 6.27. The van der Waals surface area contributed by atoms with Gasteiger partial charge in [-0.1, -0.05) is 29.8 Å². The average molecular weight is 368 g/mol. The maximum Gasteiger partial charge on any atom is 0.355 e. The normalized spacial score (nSPS) is 10.8. The van der Waals surface area contributed by atoms with Gasteiger partial charge in [0.05, 0.1) is 5.69 Å². The van der Waals surface area contributed by atoms with E-state index in [9.17, 15) is 9.59 Å². The monoisotopic (exact) mass is 368 g/mol. The molecule has 3 rings (SSSR count). The zero-order chi connectivity index (χ0) is 18.8. The third-order valence-electron chi connectivity index (χ3n) is 4.20. The summed E-state index contributed by atoms with van der Waals surface area (Å²) in [5.74, 6) is -0.555. The molecule has 2 heterocycles. The first-order valence-corrected chi connectivity index (χ1v) is 9.13. The van der Waals surface area contributed by atoms with Crippen LogP contribution in [0.1, 0.15) is 50.3 Å². The first kappa shape index (κ1) is 18.1. The van der Waals surface area contributed by atoms with Crippen LogP contribution in [0.25, 0.3) is 10.6 Å². The number of Topliss-reactive ketones (excluding diaryl/α,β-unsaturated/α-hetero) is 1. The van der Waals surface area contributed by atoms with Gasteiger partial charge in [-0.3, -0.25) is 4.79 Å². The topological polar surface area (TPSA) is 72.0 Å². The molecule has 3 aromatic rings. The molecule has 1 N–H and O–H groups in total. The molecule has 6 heteroatoms. The molecule has 0 spiro atoms. The second kappa shape index (κ2) is 7.25. The lowest BCUT2D eigenvalue weighted by molar-refractivity contribution is 0.0461. The van der Waals surface area contributed by atoms with Crippen molar-refractivity contribution < 1.29 is 14.3 Å². The van der Waals surface area contributed by atoms with Crippen LogP contribution in [0.5, 0.6) is 0 Å². The SMILES string of the molecule is CC(=O)c1c(C)[nH]c(C(=O)OCc2csc(-c3ccc(C)cc3)n2)c1C. The van der Waals surface area contributed by atoms with Crippen molar-refractivity contribution in [2.24, 2.45) is 0 Å². The molecular formula is C20H20N2O3S. The van der Waals surface area contributed by atoms with Crippen LogP contribution in [0.15, 0.2) is 29.6 Å². The maximum absolute atomic E-state index is 12.4. The average Bonchev–Trinajstić information content (AvgIpc) is 3.18. The van der Waals surface area contributed by atoms with E-state index in [1.807, 2.05) is 36.6 Å². The third-order valence-corrected chi connectivity index (χ3v) is 5.14. The van der Waals surface area contributed by atoms with Crippen LogP contribution < -0.4 is 0 Å². The minimum Gasteiger partial charge on any atom is -0.454 e. The van der Waals surface area contributed by atoms with Crippen LogP contribution in [-0.4, -0.2) is 21.7 Å². The Balaban J connectivity index is 1.70. The van der Waals surface area contributed by atoms with E-state index in [2.05, 4.69) is 9.97 Å². The van der Waals surface area contributed by atoms with E-state index >= 15 is 0 Å². The van der Waals surface area contributed by atoms with Crippen molar-refractivity contribution in [1.82, 2.24) is 9.97 Å². The van der Waals surface area contributed by atoms with E-state index in [1.165, 1.54) is 23.8 Å². The lowest BCUT2D eigenvalue weighted by Crippen LogP contribution is -2.08. The van der Waals surface area contributed by atoms with Gasteiger partial charge < -0.3 is 9.72 Å². The summed E-state index contributed by atoms with van der Waals surface area (Å²) >= 11 is 1.51. The number of aryl methyl sites for hydroxylation is 2. The highest BCUT2D eigenvalue weighted by Gasteiger charge is 2.21. The molecule has 0 saturated carbocycles. The van der Waals surface area contributed by atoms with Gasteiger partial charge in [0.1, 0.15) is 17.3 Å². The number of hydrogen-bond donors (Lipinski definition) is 1. The quantitative estimate of drug-likeness (QED) is 0.527. The highest BCUT2D eigenvalue weighted by atomic mass is 32.1. The van der Waals surface area contributed by atoms with Crippen LogP contribution in [0.4, 0.5) is 0 Å². The van der Waals surface area contributed by atoms with Crippen LogP contribution in [0.2, 0.25) is 0 Å². The molecule has 0 radical (unpaired) electrons. The zero-order valence-corrected chi connectivity index (χ0v) is 16.0. The Morgan fingerprint density at radius 1 is 1.15 bits per heavy atom. The molecule has 0 unspecified atom stereocenters. The van der Waals surface area contributed by atoms with E-state index in [0.717, 1.165) is 10.6 Å². The predicted molar refractivity (Wildman–Crippen MR) is 102 cm³/mol. The molecule has 0 bridgehead atoms. The fraction of sp³-hybridized carbons (Fsp3) is 0.250. The van der Waals surface area contributed by atoms with Gasteiger partial charge in [-0.05, 0) is 33.3 Å². The number of aromatic nitrogens is 2. The summed E-state index contributed by atoms with van der Waals surface area (Å²) in [4.78, 5) is 31.5. The number of hydrogen-bond acceptors (Lipinski definition) is 5. The Bertz CT molecular complexity index is 968. The van der Waals surface area contributed by atoms with Crippen LogP contribution in [0.3, 0.4) is 0 Å². The summed E-state index contributed by atoms with van der Waals surface area (Å²) in [7, 11) is 0. The van der Waals surface area contributed by atoms with Crippen molar-refractivity contribution in [3.8, 4) is 10.6 Å². The number of carbonyl (C=O) groups is 2. The first-order valence-electron chi connectivity index (χ1n) is 8.25. The molecule has 1 aromatic carbocycles. The predicted octanol–water partition coefficient (Wildman–Crippen LogP) is 4.62. The highest BCUT2D eigenvalue weighted by Crippen LogP contribution is 2.25. The summed E-state index contributed by atoms with van der Waals surface area (Å²) < 4.78 is 5.37. The van der Waals surface area contributed by atoms with Crippen LogP contribution >= 0.6 is 11.3 Å². The smallest absolute Gasteiger partial charge is 0.355 e. The Kier molecular flexibility index (Phi) is 5.04. The van der Waals surface area contributed by atoms with Gasteiger partial charge in [0.2, 0.25) is 0 Å². The number of ether oxygens (including phenoxy) is 1. The fourth-order valence-electron chi connectivity index (χ4n) is 2.90. The van der Waals surface area contributed by atoms with Crippen molar-refractivity contribution in [3.05, 3.63) is 63.4 Å². The molecule has 0 atom stereocenters. The van der Waals surface area contributed by atoms with Crippen molar-refractivity contribution >= 4 is 23.1 Å². The van der Waals surface area contributed by atoms with Gasteiger partial charge in [-0.25, -0.2) is 9.78 Å². The number of esters is 1. The van der Waals surface area contributed by atoms with Gasteiger partial charge in [0.15, 0.2) is 5.78 Å². The lowest BCUT2D eigenvalue weighted by Gasteiger charge is -2.03. The molecule has 0 aliphatic heterocycles. The van der Waals surface area contributed by atoms with Crippen molar-refractivity contribution in [2.45, 2.75) is 34.3 Å². The van der Waals surface area contributed by atoms with Crippen molar-refractivity contribution in [2.75, 3.05) is 0 Å². The Morgan fingerprint density at radius 3 is 2.46 bits per heavy atom. The van der Waals surface area contributed by atoms with Crippen molar-refractivity contribution in [3.63, 3.8) is 0 Å². The largest absolute Gasteiger partial charge is 0.454 e. The van der Waals surface area contributed by atoms with Gasteiger partial charge in [-0.15, -0.1) is 11.3 Å². The maximum atomic E-state index is 12.4.